The Balaban J connectivity index is 0.00000242. The number of rotatable bonds is 4. The second-order valence-corrected chi connectivity index (χ2v) is 6.23. The van der Waals surface area contributed by atoms with Gasteiger partial charge in [0.15, 0.2) is 0 Å². The lowest BCUT2D eigenvalue weighted by atomic mass is 9.90. The molecule has 0 saturated carbocycles. The molecule has 1 heterocycles. The van der Waals surface area contributed by atoms with E-state index in [1.807, 2.05) is 17.9 Å². The van der Waals surface area contributed by atoms with Gasteiger partial charge in [0, 0.05) is 25.6 Å². The van der Waals surface area contributed by atoms with Crippen molar-refractivity contribution >= 4 is 18.3 Å². The van der Waals surface area contributed by atoms with Crippen LogP contribution >= 0.6 is 12.4 Å². The average molecular weight is 329 g/mol. The summed E-state index contributed by atoms with van der Waals surface area (Å²) >= 11 is 0. The summed E-state index contributed by atoms with van der Waals surface area (Å²) in [6.07, 6.45) is 2.33. The van der Waals surface area contributed by atoms with Gasteiger partial charge in [-0.1, -0.05) is 32.0 Å². The van der Waals surface area contributed by atoms with Crippen LogP contribution in [0.5, 0.6) is 0 Å². The van der Waals surface area contributed by atoms with Crippen molar-refractivity contribution in [3.8, 4) is 0 Å². The molecule has 0 radical (unpaired) electrons. The largest absolute Gasteiger partial charge is 0.338 e. The van der Waals surface area contributed by atoms with Crippen molar-refractivity contribution in [1.82, 2.24) is 4.90 Å². The van der Waals surface area contributed by atoms with Crippen molar-refractivity contribution < 1.29 is 9.18 Å². The zero-order valence-electron chi connectivity index (χ0n) is 13.3. The predicted molar refractivity (Wildman–Crippen MR) is 89.6 cm³/mol. The van der Waals surface area contributed by atoms with Gasteiger partial charge in [-0.2, -0.15) is 0 Å². The molecular weight excluding hydrogens is 303 g/mol. The van der Waals surface area contributed by atoms with E-state index in [4.69, 9.17) is 5.73 Å². The maximum Gasteiger partial charge on any atom is 0.223 e. The Morgan fingerprint density at radius 3 is 2.77 bits per heavy atom. The van der Waals surface area contributed by atoms with E-state index in [0.29, 0.717) is 24.4 Å². The molecule has 124 valence electrons. The highest BCUT2D eigenvalue weighted by Crippen LogP contribution is 2.26. The number of benzene rings is 1. The van der Waals surface area contributed by atoms with Gasteiger partial charge in [0.25, 0.3) is 0 Å². The van der Waals surface area contributed by atoms with Crippen LogP contribution in [0.3, 0.4) is 0 Å². The molecule has 0 spiro atoms. The summed E-state index contributed by atoms with van der Waals surface area (Å²) in [5.74, 6) is 0.358. The standard InChI is InChI=1S/C17H25FN2O.ClH/c1-12-7-8-20(14(9-12)11-19)17(21)10-13(2)15-5-3-4-6-16(15)18;/h3-6,12-14H,7-11,19H2,1-2H3;1H. The first kappa shape index (κ1) is 18.9. The predicted octanol–water partition coefficient (Wildman–Crippen LogP) is 3.33. The first-order chi connectivity index (χ1) is 10.0. The van der Waals surface area contributed by atoms with Gasteiger partial charge in [-0.25, -0.2) is 4.39 Å². The Labute approximate surface area is 138 Å². The van der Waals surface area contributed by atoms with Crippen molar-refractivity contribution in [1.29, 1.82) is 0 Å². The fraction of sp³-hybridized carbons (Fsp3) is 0.588. The molecule has 1 aliphatic rings. The zero-order chi connectivity index (χ0) is 15.4. The number of carbonyl (C=O) groups excluding carboxylic acids is 1. The van der Waals surface area contributed by atoms with Gasteiger partial charge >= 0.3 is 0 Å². The highest BCUT2D eigenvalue weighted by molar-refractivity contribution is 5.85. The van der Waals surface area contributed by atoms with Gasteiger partial charge in [-0.05, 0) is 36.3 Å². The molecule has 0 aromatic heterocycles. The highest BCUT2D eigenvalue weighted by Gasteiger charge is 2.29. The van der Waals surface area contributed by atoms with Crippen molar-refractivity contribution in [2.45, 2.75) is 45.1 Å². The van der Waals surface area contributed by atoms with Gasteiger partial charge in [-0.15, -0.1) is 12.4 Å². The number of nitrogens with zero attached hydrogens (tertiary/aromatic N) is 1. The third-order valence-corrected chi connectivity index (χ3v) is 4.49. The van der Waals surface area contributed by atoms with Crippen molar-refractivity contribution in [2.24, 2.45) is 11.7 Å². The van der Waals surface area contributed by atoms with Crippen LogP contribution in [0.4, 0.5) is 4.39 Å². The molecule has 3 nitrogen and oxygen atoms in total. The molecule has 1 saturated heterocycles. The van der Waals surface area contributed by atoms with Crippen LogP contribution in [0.25, 0.3) is 0 Å². The summed E-state index contributed by atoms with van der Waals surface area (Å²) in [5, 5.41) is 0. The molecule has 2 N–H and O–H groups in total. The number of likely N-dealkylation sites (tertiary alicyclic amines) is 1. The minimum atomic E-state index is -0.236. The van der Waals surface area contributed by atoms with E-state index in [-0.39, 0.29) is 36.1 Å². The molecular formula is C17H26ClFN2O. The van der Waals surface area contributed by atoms with E-state index in [2.05, 4.69) is 6.92 Å². The summed E-state index contributed by atoms with van der Waals surface area (Å²) in [7, 11) is 0. The van der Waals surface area contributed by atoms with Gasteiger partial charge < -0.3 is 10.6 Å². The van der Waals surface area contributed by atoms with Crippen LogP contribution in [0.15, 0.2) is 24.3 Å². The van der Waals surface area contributed by atoms with E-state index in [0.717, 1.165) is 19.4 Å². The van der Waals surface area contributed by atoms with Gasteiger partial charge in [0.05, 0.1) is 0 Å². The number of halogens is 2. The average Bonchev–Trinajstić information content (AvgIpc) is 2.47. The van der Waals surface area contributed by atoms with E-state index in [9.17, 15) is 9.18 Å². The van der Waals surface area contributed by atoms with Crippen molar-refractivity contribution in [2.75, 3.05) is 13.1 Å². The molecule has 3 unspecified atom stereocenters. The van der Waals surface area contributed by atoms with Crippen LogP contribution < -0.4 is 5.73 Å². The van der Waals surface area contributed by atoms with E-state index in [1.165, 1.54) is 6.07 Å². The lowest BCUT2D eigenvalue weighted by Crippen LogP contribution is -2.49. The summed E-state index contributed by atoms with van der Waals surface area (Å²) in [6.45, 7) is 5.38. The van der Waals surface area contributed by atoms with Crippen LogP contribution in [0.2, 0.25) is 0 Å². The van der Waals surface area contributed by atoms with Crippen LogP contribution in [-0.4, -0.2) is 29.9 Å². The molecule has 1 aliphatic heterocycles. The number of nitrogens with two attached hydrogens (primary N) is 1. The number of amides is 1. The molecule has 1 aromatic rings. The highest BCUT2D eigenvalue weighted by atomic mass is 35.5. The zero-order valence-corrected chi connectivity index (χ0v) is 14.1. The number of hydrogen-bond donors (Lipinski definition) is 1. The summed E-state index contributed by atoms with van der Waals surface area (Å²) < 4.78 is 13.8. The van der Waals surface area contributed by atoms with Gasteiger partial charge in [-0.3, -0.25) is 4.79 Å². The maximum atomic E-state index is 13.8. The van der Waals surface area contributed by atoms with E-state index in [1.54, 1.807) is 12.1 Å². The second kappa shape index (κ2) is 8.49. The Kier molecular flexibility index (Phi) is 7.30. The molecule has 1 aromatic carbocycles. The molecule has 0 bridgehead atoms. The molecule has 0 aliphatic carbocycles. The number of carbonyl (C=O) groups is 1. The fourth-order valence-electron chi connectivity index (χ4n) is 3.17. The molecule has 22 heavy (non-hydrogen) atoms. The number of hydrogen-bond acceptors (Lipinski definition) is 2. The van der Waals surface area contributed by atoms with Crippen LogP contribution in [0.1, 0.15) is 44.6 Å². The summed E-state index contributed by atoms with van der Waals surface area (Å²) in [6, 6.07) is 6.82. The minimum absolute atomic E-state index is 0. The van der Waals surface area contributed by atoms with E-state index >= 15 is 0 Å². The molecule has 5 heteroatoms. The Morgan fingerprint density at radius 1 is 1.45 bits per heavy atom. The smallest absolute Gasteiger partial charge is 0.223 e. The quantitative estimate of drug-likeness (QED) is 0.921. The van der Waals surface area contributed by atoms with Crippen LogP contribution in [0, 0.1) is 11.7 Å². The first-order valence-electron chi connectivity index (χ1n) is 7.76. The Bertz CT molecular complexity index is 497. The SMILES string of the molecule is CC1CCN(C(=O)CC(C)c2ccccc2F)C(CN)C1.Cl. The molecule has 1 amide bonds. The Morgan fingerprint density at radius 2 is 2.14 bits per heavy atom. The monoisotopic (exact) mass is 328 g/mol. The van der Waals surface area contributed by atoms with Gasteiger partial charge in [0.1, 0.15) is 5.82 Å². The first-order valence-corrected chi connectivity index (χ1v) is 7.76. The summed E-state index contributed by atoms with van der Waals surface area (Å²) in [4.78, 5) is 14.4. The van der Waals surface area contributed by atoms with E-state index < -0.39 is 0 Å². The van der Waals surface area contributed by atoms with Gasteiger partial charge in [0.2, 0.25) is 5.91 Å². The number of piperidine rings is 1. The normalized spacial score (nSPS) is 22.8. The maximum absolute atomic E-state index is 13.8. The second-order valence-electron chi connectivity index (χ2n) is 6.23. The molecule has 1 fully saturated rings. The lowest BCUT2D eigenvalue weighted by molar-refractivity contribution is -0.135. The summed E-state index contributed by atoms with van der Waals surface area (Å²) in [5.41, 5.74) is 6.42. The third-order valence-electron chi connectivity index (χ3n) is 4.49. The van der Waals surface area contributed by atoms with Crippen LogP contribution in [-0.2, 0) is 4.79 Å². The van der Waals surface area contributed by atoms with Crippen molar-refractivity contribution in [3.63, 3.8) is 0 Å². The molecule has 3 atom stereocenters. The lowest BCUT2D eigenvalue weighted by Gasteiger charge is -2.38. The third kappa shape index (κ3) is 4.43. The minimum Gasteiger partial charge on any atom is -0.338 e. The fourth-order valence-corrected chi connectivity index (χ4v) is 3.17. The molecule has 2 rings (SSSR count). The van der Waals surface area contributed by atoms with Crippen molar-refractivity contribution in [3.05, 3.63) is 35.6 Å². The Hall–Kier alpha value is -1.13. The topological polar surface area (TPSA) is 46.3 Å².